The summed E-state index contributed by atoms with van der Waals surface area (Å²) >= 11 is 15.8. The quantitative estimate of drug-likeness (QED) is 0.379. The first-order chi connectivity index (χ1) is 18.9. The Kier molecular flexibility index (Phi) is 9.10. The maximum absolute atomic E-state index is 13.2. The molecule has 3 aromatic carbocycles. The molecule has 0 atom stereocenters. The first-order valence-electron chi connectivity index (χ1n) is 12.9. The molecule has 2 aliphatic heterocycles. The van der Waals surface area contributed by atoms with Gasteiger partial charge in [-0.15, -0.1) is 0 Å². The number of carbonyl (C=O) groups is 2. The van der Waals surface area contributed by atoms with Crippen LogP contribution in [0.5, 0.6) is 0 Å². The molecule has 0 unspecified atom stereocenters. The average molecular weight is 632 g/mol. The van der Waals surface area contributed by atoms with Gasteiger partial charge in [-0.25, -0.2) is 0 Å². The Balaban J connectivity index is 1.27. The van der Waals surface area contributed by atoms with Gasteiger partial charge in [-0.1, -0.05) is 63.4 Å². The maximum atomic E-state index is 13.2. The number of ether oxygens (including phenoxy) is 1. The van der Waals surface area contributed by atoms with Crippen molar-refractivity contribution >= 4 is 62.3 Å². The van der Waals surface area contributed by atoms with Crippen molar-refractivity contribution in [1.29, 1.82) is 0 Å². The van der Waals surface area contributed by atoms with E-state index in [0.29, 0.717) is 55.1 Å². The number of rotatable bonds is 5. The molecule has 0 aromatic heterocycles. The third-order valence-corrected chi connectivity index (χ3v) is 8.09. The molecule has 2 saturated heterocycles. The fourth-order valence-corrected chi connectivity index (χ4v) is 5.71. The second-order valence-corrected chi connectivity index (χ2v) is 11.3. The fraction of sp³-hybridized carbons (Fsp3) is 0.310. The van der Waals surface area contributed by atoms with E-state index in [9.17, 15) is 9.59 Å². The zero-order valence-corrected chi connectivity index (χ0v) is 24.4. The van der Waals surface area contributed by atoms with Crippen LogP contribution in [0, 0.1) is 0 Å². The van der Waals surface area contributed by atoms with Gasteiger partial charge in [-0.3, -0.25) is 14.5 Å². The summed E-state index contributed by atoms with van der Waals surface area (Å²) < 4.78 is 6.29. The number of hydrogen-bond donors (Lipinski definition) is 1. The van der Waals surface area contributed by atoms with E-state index in [2.05, 4.69) is 31.0 Å². The smallest absolute Gasteiger partial charge is 0.313 e. The van der Waals surface area contributed by atoms with E-state index in [1.807, 2.05) is 66.7 Å². The molecule has 0 bridgehead atoms. The zero-order chi connectivity index (χ0) is 27.4. The molecule has 1 N–H and O–H groups in total. The second kappa shape index (κ2) is 12.7. The predicted molar refractivity (Wildman–Crippen MR) is 159 cm³/mol. The number of benzene rings is 3. The number of halogens is 3. The highest BCUT2D eigenvalue weighted by molar-refractivity contribution is 9.10. The van der Waals surface area contributed by atoms with Crippen molar-refractivity contribution in [1.82, 2.24) is 9.80 Å². The minimum Gasteiger partial charge on any atom is -0.378 e. The molecule has 2 amide bonds. The zero-order valence-electron chi connectivity index (χ0n) is 21.3. The van der Waals surface area contributed by atoms with Crippen molar-refractivity contribution in [3.05, 3.63) is 92.4 Å². The predicted octanol–water partition coefficient (Wildman–Crippen LogP) is 5.46. The van der Waals surface area contributed by atoms with Crippen LogP contribution in [-0.2, 0) is 14.3 Å². The SMILES string of the molecule is O=C(Nc1cc(Br)ccc1N1CCOCC1)C(=O)N1CCN(C(c2ccc(Cl)cc2)c2ccc(Cl)cc2)CC1. The van der Waals surface area contributed by atoms with Gasteiger partial charge in [0.25, 0.3) is 0 Å². The lowest BCUT2D eigenvalue weighted by Gasteiger charge is -2.39. The molecule has 0 radical (unpaired) electrons. The van der Waals surface area contributed by atoms with Crippen LogP contribution in [0.4, 0.5) is 11.4 Å². The van der Waals surface area contributed by atoms with Crippen LogP contribution in [0.25, 0.3) is 0 Å². The van der Waals surface area contributed by atoms with Crippen LogP contribution in [0.2, 0.25) is 10.0 Å². The molecule has 204 valence electrons. The second-order valence-electron chi connectivity index (χ2n) is 9.55. The Hall–Kier alpha value is -2.62. The van der Waals surface area contributed by atoms with Crippen molar-refractivity contribution in [2.75, 3.05) is 62.7 Å². The van der Waals surface area contributed by atoms with Gasteiger partial charge in [0.05, 0.1) is 30.6 Å². The minimum atomic E-state index is -0.636. The summed E-state index contributed by atoms with van der Waals surface area (Å²) in [6.07, 6.45) is 0. The molecule has 7 nitrogen and oxygen atoms in total. The summed E-state index contributed by atoms with van der Waals surface area (Å²) in [5, 5.41) is 4.22. The number of morpholine rings is 1. The van der Waals surface area contributed by atoms with Crippen molar-refractivity contribution < 1.29 is 14.3 Å². The first-order valence-corrected chi connectivity index (χ1v) is 14.4. The van der Waals surface area contributed by atoms with Gasteiger partial charge in [-0.05, 0) is 53.6 Å². The molecule has 2 fully saturated rings. The van der Waals surface area contributed by atoms with Crippen LogP contribution < -0.4 is 10.2 Å². The van der Waals surface area contributed by atoms with Crippen LogP contribution in [0.15, 0.2) is 71.2 Å². The summed E-state index contributed by atoms with van der Waals surface area (Å²) in [4.78, 5) is 32.4. The van der Waals surface area contributed by atoms with E-state index in [-0.39, 0.29) is 6.04 Å². The van der Waals surface area contributed by atoms with Crippen LogP contribution in [-0.4, -0.2) is 74.1 Å². The lowest BCUT2D eigenvalue weighted by Crippen LogP contribution is -2.52. The van der Waals surface area contributed by atoms with Crippen molar-refractivity contribution in [3.63, 3.8) is 0 Å². The number of nitrogens with zero attached hydrogens (tertiary/aromatic N) is 3. The molecule has 10 heteroatoms. The molecule has 5 rings (SSSR count). The van der Waals surface area contributed by atoms with Gasteiger partial charge >= 0.3 is 11.8 Å². The normalized spacial score (nSPS) is 16.4. The minimum absolute atomic E-state index is 0.0247. The van der Waals surface area contributed by atoms with E-state index in [1.165, 1.54) is 0 Å². The Bertz CT molecular complexity index is 1260. The third kappa shape index (κ3) is 6.76. The summed E-state index contributed by atoms with van der Waals surface area (Å²) in [7, 11) is 0. The van der Waals surface area contributed by atoms with Gasteiger partial charge in [0, 0.05) is 53.8 Å². The molecule has 39 heavy (non-hydrogen) atoms. The van der Waals surface area contributed by atoms with Gasteiger partial charge in [-0.2, -0.15) is 0 Å². The van der Waals surface area contributed by atoms with Gasteiger partial charge in [0.1, 0.15) is 0 Å². The lowest BCUT2D eigenvalue weighted by molar-refractivity contribution is -0.144. The molecular weight excluding hydrogens is 603 g/mol. The third-order valence-electron chi connectivity index (χ3n) is 7.09. The molecule has 0 aliphatic carbocycles. The summed E-state index contributed by atoms with van der Waals surface area (Å²) in [6, 6.07) is 21.3. The number of carbonyl (C=O) groups excluding carboxylic acids is 2. The van der Waals surface area contributed by atoms with Crippen LogP contribution in [0.3, 0.4) is 0 Å². The Morgan fingerprint density at radius 3 is 1.92 bits per heavy atom. The summed E-state index contributed by atoms with van der Waals surface area (Å²) in [6.45, 7) is 4.82. The van der Waals surface area contributed by atoms with E-state index in [4.69, 9.17) is 27.9 Å². The molecule has 0 saturated carbocycles. The lowest BCUT2D eigenvalue weighted by atomic mass is 9.96. The molecule has 0 spiro atoms. The Labute approximate surface area is 246 Å². The fourth-order valence-electron chi connectivity index (χ4n) is 5.10. The van der Waals surface area contributed by atoms with Crippen molar-refractivity contribution in [2.45, 2.75) is 6.04 Å². The number of hydrogen-bond acceptors (Lipinski definition) is 5. The number of nitrogens with one attached hydrogen (secondary N) is 1. The largest absolute Gasteiger partial charge is 0.378 e. The summed E-state index contributed by atoms with van der Waals surface area (Å²) in [5.41, 5.74) is 3.68. The standard InChI is InChI=1S/C29H29BrCl2N4O3/c30-22-5-10-26(34-15-17-39-18-16-34)25(19-22)33-28(37)29(38)36-13-11-35(12-14-36)27(20-1-6-23(31)7-2-20)21-3-8-24(32)9-4-21/h1-10,19,27H,11-18H2,(H,33,37). The average Bonchev–Trinajstić information content (AvgIpc) is 2.96. The molecule has 2 aliphatic rings. The van der Waals surface area contributed by atoms with Gasteiger partial charge in [0.2, 0.25) is 0 Å². The maximum Gasteiger partial charge on any atom is 0.313 e. The molecule has 2 heterocycles. The molecular formula is C29H29BrCl2N4O3. The highest BCUT2D eigenvalue weighted by Gasteiger charge is 2.31. The highest BCUT2D eigenvalue weighted by atomic mass is 79.9. The monoisotopic (exact) mass is 630 g/mol. The molecule has 3 aromatic rings. The van der Waals surface area contributed by atoms with Crippen molar-refractivity contribution in [3.8, 4) is 0 Å². The first kappa shape index (κ1) is 27.9. The van der Waals surface area contributed by atoms with E-state index in [1.54, 1.807) is 4.90 Å². The van der Waals surface area contributed by atoms with Gasteiger partial charge in [0.15, 0.2) is 0 Å². The highest BCUT2D eigenvalue weighted by Crippen LogP contribution is 2.32. The number of piperazine rings is 1. The van der Waals surface area contributed by atoms with Gasteiger partial charge < -0.3 is 19.9 Å². The van der Waals surface area contributed by atoms with Crippen LogP contribution >= 0.6 is 39.1 Å². The summed E-state index contributed by atoms with van der Waals surface area (Å²) in [5.74, 6) is -1.17. The van der Waals surface area contributed by atoms with E-state index in [0.717, 1.165) is 34.4 Å². The van der Waals surface area contributed by atoms with E-state index < -0.39 is 11.8 Å². The Morgan fingerprint density at radius 2 is 1.36 bits per heavy atom. The van der Waals surface area contributed by atoms with E-state index >= 15 is 0 Å². The number of anilines is 2. The number of amides is 2. The topological polar surface area (TPSA) is 65.1 Å². The van der Waals surface area contributed by atoms with Crippen LogP contribution in [0.1, 0.15) is 17.2 Å². The van der Waals surface area contributed by atoms with Crippen molar-refractivity contribution in [2.24, 2.45) is 0 Å². The Morgan fingerprint density at radius 1 is 0.795 bits per heavy atom.